The second kappa shape index (κ2) is 5.57. The van der Waals surface area contributed by atoms with Crippen molar-refractivity contribution in [3.05, 3.63) is 59.1 Å². The molecule has 0 bridgehead atoms. The molecular formula is C17H14N2O4. The summed E-state index contributed by atoms with van der Waals surface area (Å²) >= 11 is 0. The maximum absolute atomic E-state index is 11.9. The molecule has 0 atom stereocenters. The molecule has 1 aliphatic heterocycles. The standard InChI is InChI=1S/C17H14N2O4/c1-10-3-5-12(23-10)6-8-15(20)18-11-4-7-13-14(9-11)17(22)19(2)16(13)21/h3-9H,1-2H3,(H,18,20)/b8-6+. The number of hydrogen-bond donors (Lipinski definition) is 1. The van der Waals surface area contributed by atoms with Crippen molar-refractivity contribution in [2.24, 2.45) is 0 Å². The number of nitrogens with one attached hydrogen (secondary N) is 1. The van der Waals surface area contributed by atoms with Crippen molar-refractivity contribution in [2.75, 3.05) is 12.4 Å². The normalized spacial score (nSPS) is 13.7. The third-order valence-electron chi connectivity index (χ3n) is 3.52. The predicted molar refractivity (Wildman–Crippen MR) is 84.0 cm³/mol. The molecular weight excluding hydrogens is 296 g/mol. The summed E-state index contributed by atoms with van der Waals surface area (Å²) in [7, 11) is 1.43. The number of anilines is 1. The molecule has 2 aromatic rings. The predicted octanol–water partition coefficient (Wildman–Crippen LogP) is 2.47. The summed E-state index contributed by atoms with van der Waals surface area (Å²) < 4.78 is 5.33. The van der Waals surface area contributed by atoms with Crippen LogP contribution in [0, 0.1) is 6.92 Å². The van der Waals surface area contributed by atoms with Gasteiger partial charge in [0.25, 0.3) is 11.8 Å². The lowest BCUT2D eigenvalue weighted by molar-refractivity contribution is -0.111. The molecule has 2 heterocycles. The topological polar surface area (TPSA) is 79.6 Å². The van der Waals surface area contributed by atoms with Gasteiger partial charge in [-0.2, -0.15) is 0 Å². The highest BCUT2D eigenvalue weighted by Gasteiger charge is 2.32. The minimum atomic E-state index is -0.372. The van der Waals surface area contributed by atoms with E-state index in [-0.39, 0.29) is 17.7 Å². The lowest BCUT2D eigenvalue weighted by atomic mass is 10.1. The van der Waals surface area contributed by atoms with E-state index in [1.54, 1.807) is 24.3 Å². The van der Waals surface area contributed by atoms with Crippen molar-refractivity contribution in [2.45, 2.75) is 6.92 Å². The zero-order chi connectivity index (χ0) is 16.6. The van der Waals surface area contributed by atoms with Crippen LogP contribution < -0.4 is 5.32 Å². The maximum Gasteiger partial charge on any atom is 0.261 e. The summed E-state index contributed by atoms with van der Waals surface area (Å²) in [5.74, 6) is 0.271. The molecule has 1 aromatic heterocycles. The lowest BCUT2D eigenvalue weighted by Gasteiger charge is -2.03. The van der Waals surface area contributed by atoms with Crippen LogP contribution in [0.25, 0.3) is 6.08 Å². The summed E-state index contributed by atoms with van der Waals surface area (Å²) in [4.78, 5) is 36.7. The SMILES string of the molecule is Cc1ccc(/C=C/C(=O)Nc2ccc3c(c2)C(=O)N(C)C3=O)o1. The Kier molecular flexibility index (Phi) is 3.57. The van der Waals surface area contributed by atoms with Crippen molar-refractivity contribution >= 4 is 29.5 Å². The van der Waals surface area contributed by atoms with Crippen LogP contribution in [0.5, 0.6) is 0 Å². The molecule has 23 heavy (non-hydrogen) atoms. The van der Waals surface area contributed by atoms with Crippen LogP contribution in [0.3, 0.4) is 0 Å². The zero-order valence-corrected chi connectivity index (χ0v) is 12.6. The largest absolute Gasteiger partial charge is 0.462 e. The number of hydrogen-bond acceptors (Lipinski definition) is 4. The average Bonchev–Trinajstić information content (AvgIpc) is 3.04. The van der Waals surface area contributed by atoms with Crippen LogP contribution >= 0.6 is 0 Å². The Balaban J connectivity index is 1.74. The monoisotopic (exact) mass is 310 g/mol. The van der Waals surface area contributed by atoms with E-state index in [2.05, 4.69) is 5.32 Å². The fourth-order valence-corrected chi connectivity index (χ4v) is 2.32. The molecule has 0 spiro atoms. The number of carbonyl (C=O) groups excluding carboxylic acids is 3. The van der Waals surface area contributed by atoms with Crippen molar-refractivity contribution < 1.29 is 18.8 Å². The second-order valence-electron chi connectivity index (χ2n) is 5.20. The Morgan fingerprint density at radius 1 is 1.13 bits per heavy atom. The van der Waals surface area contributed by atoms with E-state index in [4.69, 9.17) is 4.42 Å². The molecule has 6 nitrogen and oxygen atoms in total. The van der Waals surface area contributed by atoms with Crippen LogP contribution in [0.4, 0.5) is 5.69 Å². The first-order valence-electron chi connectivity index (χ1n) is 6.97. The number of benzene rings is 1. The molecule has 1 aliphatic rings. The van der Waals surface area contributed by atoms with E-state index in [1.807, 2.05) is 6.92 Å². The minimum absolute atomic E-state index is 0.293. The van der Waals surface area contributed by atoms with E-state index in [0.717, 1.165) is 10.7 Å². The lowest BCUT2D eigenvalue weighted by Crippen LogP contribution is -2.24. The summed E-state index contributed by atoms with van der Waals surface area (Å²) in [5, 5.41) is 2.65. The molecule has 116 valence electrons. The fourth-order valence-electron chi connectivity index (χ4n) is 2.32. The smallest absolute Gasteiger partial charge is 0.261 e. The highest BCUT2D eigenvalue weighted by atomic mass is 16.3. The molecule has 6 heteroatoms. The Labute approximate surface area is 132 Å². The summed E-state index contributed by atoms with van der Waals surface area (Å²) in [6.45, 7) is 1.82. The van der Waals surface area contributed by atoms with Crippen molar-refractivity contribution in [1.29, 1.82) is 0 Å². The number of amides is 3. The van der Waals surface area contributed by atoms with Gasteiger partial charge in [-0.25, -0.2) is 0 Å². The summed E-state index contributed by atoms with van der Waals surface area (Å²) in [5.41, 5.74) is 1.09. The number of aryl methyl sites for hydroxylation is 1. The number of nitrogens with zero attached hydrogens (tertiary/aromatic N) is 1. The van der Waals surface area contributed by atoms with Crippen LogP contribution in [-0.4, -0.2) is 29.7 Å². The Morgan fingerprint density at radius 3 is 2.57 bits per heavy atom. The van der Waals surface area contributed by atoms with Crippen molar-refractivity contribution in [3.8, 4) is 0 Å². The van der Waals surface area contributed by atoms with E-state index in [0.29, 0.717) is 22.6 Å². The number of rotatable bonds is 3. The van der Waals surface area contributed by atoms with Crippen LogP contribution in [0.1, 0.15) is 32.2 Å². The van der Waals surface area contributed by atoms with Crippen molar-refractivity contribution in [3.63, 3.8) is 0 Å². The van der Waals surface area contributed by atoms with Gasteiger partial charge in [0.2, 0.25) is 5.91 Å². The molecule has 0 aliphatic carbocycles. The molecule has 0 radical (unpaired) electrons. The maximum atomic E-state index is 11.9. The molecule has 0 saturated heterocycles. The number of fused-ring (bicyclic) bond motifs is 1. The molecule has 0 fully saturated rings. The molecule has 1 N–H and O–H groups in total. The van der Waals surface area contributed by atoms with E-state index >= 15 is 0 Å². The van der Waals surface area contributed by atoms with Crippen LogP contribution in [-0.2, 0) is 4.79 Å². The van der Waals surface area contributed by atoms with Crippen molar-refractivity contribution in [1.82, 2.24) is 4.90 Å². The Bertz CT molecular complexity index is 848. The second-order valence-corrected chi connectivity index (χ2v) is 5.20. The van der Waals surface area contributed by atoms with Gasteiger partial charge in [0.05, 0.1) is 11.1 Å². The fraction of sp³-hybridized carbons (Fsp3) is 0.118. The minimum Gasteiger partial charge on any atom is -0.462 e. The van der Waals surface area contributed by atoms with Gasteiger partial charge < -0.3 is 9.73 Å². The van der Waals surface area contributed by atoms with Crippen LogP contribution in [0.2, 0.25) is 0 Å². The van der Waals surface area contributed by atoms with Gasteiger partial charge in [-0.1, -0.05) is 0 Å². The highest BCUT2D eigenvalue weighted by Crippen LogP contribution is 2.24. The van der Waals surface area contributed by atoms with Gasteiger partial charge in [-0.3, -0.25) is 19.3 Å². The molecule has 3 rings (SSSR count). The van der Waals surface area contributed by atoms with Gasteiger partial charge in [0.1, 0.15) is 11.5 Å². The number of carbonyl (C=O) groups is 3. The third-order valence-corrected chi connectivity index (χ3v) is 3.52. The molecule has 3 amide bonds. The van der Waals surface area contributed by atoms with Gasteiger partial charge in [-0.15, -0.1) is 0 Å². The van der Waals surface area contributed by atoms with Gasteiger partial charge in [-0.05, 0) is 43.3 Å². The zero-order valence-electron chi connectivity index (χ0n) is 12.6. The van der Waals surface area contributed by atoms with Crippen LogP contribution in [0.15, 0.2) is 40.8 Å². The molecule has 1 aromatic carbocycles. The van der Waals surface area contributed by atoms with E-state index < -0.39 is 0 Å². The Morgan fingerprint density at radius 2 is 1.87 bits per heavy atom. The number of imide groups is 1. The first-order valence-corrected chi connectivity index (χ1v) is 6.97. The average molecular weight is 310 g/mol. The first kappa shape index (κ1) is 14.8. The van der Waals surface area contributed by atoms with Gasteiger partial charge in [0.15, 0.2) is 0 Å². The van der Waals surface area contributed by atoms with Gasteiger partial charge >= 0.3 is 0 Å². The third kappa shape index (κ3) is 2.78. The van der Waals surface area contributed by atoms with E-state index in [1.165, 1.54) is 25.3 Å². The molecule has 0 unspecified atom stereocenters. The highest BCUT2D eigenvalue weighted by molar-refractivity contribution is 6.21. The van der Waals surface area contributed by atoms with E-state index in [9.17, 15) is 14.4 Å². The molecule has 0 saturated carbocycles. The van der Waals surface area contributed by atoms with Gasteiger partial charge in [0, 0.05) is 18.8 Å². The quantitative estimate of drug-likeness (QED) is 0.697. The first-order chi connectivity index (χ1) is 11.0. The summed E-state index contributed by atoms with van der Waals surface area (Å²) in [6, 6.07) is 8.19. The Hall–Kier alpha value is -3.15. The number of furan rings is 1. The summed E-state index contributed by atoms with van der Waals surface area (Å²) in [6.07, 6.45) is 2.89.